The lowest BCUT2D eigenvalue weighted by atomic mass is 9.81. The van der Waals surface area contributed by atoms with Crippen LogP contribution in [0.15, 0.2) is 212 Å². The number of anilines is 3. The molecule has 0 bridgehead atoms. The number of para-hydroxylation sites is 1. The first kappa shape index (κ1) is 34.1. The quantitative estimate of drug-likeness (QED) is 0.154. The second-order valence-electron chi connectivity index (χ2n) is 16.2. The minimum atomic E-state index is -0.206. The highest BCUT2D eigenvalue weighted by Gasteiger charge is 2.36. The van der Waals surface area contributed by atoms with Crippen molar-refractivity contribution in [3.8, 4) is 44.5 Å². The van der Waals surface area contributed by atoms with E-state index in [0.717, 1.165) is 17.1 Å². The summed E-state index contributed by atoms with van der Waals surface area (Å²) in [5.74, 6) is 0. The van der Waals surface area contributed by atoms with Crippen LogP contribution in [-0.2, 0) is 5.41 Å². The SMILES string of the molecule is CC1(C)c2cc(-c3cccc4ccccc34)ccc2-c2ccc(N(c3ccc4cc5ccccc5cc4c3)c3ccccc3-c3ccc(-c4ccccc4)cc3)cc21. The van der Waals surface area contributed by atoms with E-state index in [4.69, 9.17) is 0 Å². The number of hydrogen-bond donors (Lipinski definition) is 0. The van der Waals surface area contributed by atoms with Gasteiger partial charge in [-0.3, -0.25) is 0 Å². The molecule has 0 radical (unpaired) electrons. The van der Waals surface area contributed by atoms with E-state index in [0.29, 0.717) is 0 Å². The average molecular weight is 740 g/mol. The molecule has 1 aliphatic carbocycles. The summed E-state index contributed by atoms with van der Waals surface area (Å²) in [6.45, 7) is 4.78. The van der Waals surface area contributed by atoms with E-state index in [-0.39, 0.29) is 5.41 Å². The highest BCUT2D eigenvalue weighted by molar-refractivity contribution is 6.02. The summed E-state index contributed by atoms with van der Waals surface area (Å²) in [5, 5.41) is 7.51. The van der Waals surface area contributed by atoms with Crippen molar-refractivity contribution in [2.45, 2.75) is 19.3 Å². The Balaban J connectivity index is 1.06. The largest absolute Gasteiger partial charge is 0.310 e. The van der Waals surface area contributed by atoms with Crippen LogP contribution in [0, 0.1) is 0 Å². The second-order valence-corrected chi connectivity index (χ2v) is 16.2. The van der Waals surface area contributed by atoms with E-state index in [1.54, 1.807) is 0 Å². The zero-order chi connectivity index (χ0) is 38.8. The first-order valence-electron chi connectivity index (χ1n) is 20.2. The van der Waals surface area contributed by atoms with Crippen molar-refractivity contribution >= 4 is 49.4 Å². The van der Waals surface area contributed by atoms with Gasteiger partial charge < -0.3 is 4.90 Å². The summed E-state index contributed by atoms with van der Waals surface area (Å²) in [6.07, 6.45) is 0. The van der Waals surface area contributed by atoms with Crippen molar-refractivity contribution in [3.63, 3.8) is 0 Å². The Morgan fingerprint density at radius 3 is 1.66 bits per heavy atom. The molecule has 11 rings (SSSR count). The fraction of sp³-hybridized carbons (Fsp3) is 0.0526. The fourth-order valence-corrected chi connectivity index (χ4v) is 9.39. The van der Waals surface area contributed by atoms with Gasteiger partial charge in [0.05, 0.1) is 5.69 Å². The number of rotatable bonds is 6. The molecule has 0 saturated carbocycles. The lowest BCUT2D eigenvalue weighted by molar-refractivity contribution is 0.660. The Morgan fingerprint density at radius 2 is 0.845 bits per heavy atom. The van der Waals surface area contributed by atoms with E-state index < -0.39 is 0 Å². The average Bonchev–Trinajstić information content (AvgIpc) is 3.50. The van der Waals surface area contributed by atoms with Gasteiger partial charge in [-0.2, -0.15) is 0 Å². The summed E-state index contributed by atoms with van der Waals surface area (Å²) in [4.78, 5) is 2.47. The molecule has 0 aromatic heterocycles. The number of fused-ring (bicyclic) bond motifs is 6. The molecule has 0 fully saturated rings. The maximum Gasteiger partial charge on any atom is 0.0540 e. The van der Waals surface area contributed by atoms with Crippen LogP contribution in [0.3, 0.4) is 0 Å². The number of hydrogen-bond acceptors (Lipinski definition) is 1. The van der Waals surface area contributed by atoms with Crippen molar-refractivity contribution in [1.29, 1.82) is 0 Å². The highest BCUT2D eigenvalue weighted by atomic mass is 15.1. The predicted molar refractivity (Wildman–Crippen MR) is 248 cm³/mol. The third-order valence-corrected chi connectivity index (χ3v) is 12.4. The molecule has 274 valence electrons. The highest BCUT2D eigenvalue weighted by Crippen LogP contribution is 2.52. The number of benzene rings is 10. The Labute approximate surface area is 340 Å². The molecule has 10 aromatic rings. The summed E-state index contributed by atoms with van der Waals surface area (Å²) >= 11 is 0. The first-order valence-corrected chi connectivity index (χ1v) is 20.2. The van der Waals surface area contributed by atoms with Gasteiger partial charge in [0.25, 0.3) is 0 Å². The normalized spacial score (nSPS) is 12.8. The van der Waals surface area contributed by atoms with Crippen molar-refractivity contribution in [2.75, 3.05) is 4.90 Å². The Kier molecular flexibility index (Phi) is 7.91. The minimum Gasteiger partial charge on any atom is -0.310 e. The van der Waals surface area contributed by atoms with Gasteiger partial charge in [-0.15, -0.1) is 0 Å². The van der Waals surface area contributed by atoms with Crippen LogP contribution >= 0.6 is 0 Å². The summed E-state index contributed by atoms with van der Waals surface area (Å²) in [6, 6.07) is 78.3. The molecule has 0 heterocycles. The molecule has 0 aliphatic heterocycles. The molecule has 1 heteroatoms. The maximum atomic E-state index is 2.47. The first-order chi connectivity index (χ1) is 28.5. The summed E-state index contributed by atoms with van der Waals surface area (Å²) in [7, 11) is 0. The fourth-order valence-electron chi connectivity index (χ4n) is 9.39. The van der Waals surface area contributed by atoms with E-state index in [2.05, 4.69) is 231 Å². The molecule has 1 aliphatic rings. The van der Waals surface area contributed by atoms with E-state index in [1.807, 2.05) is 0 Å². The van der Waals surface area contributed by atoms with Crippen LogP contribution in [-0.4, -0.2) is 0 Å². The molecule has 0 amide bonds. The van der Waals surface area contributed by atoms with E-state index in [9.17, 15) is 0 Å². The summed E-state index contributed by atoms with van der Waals surface area (Å²) in [5.41, 5.74) is 15.9. The van der Waals surface area contributed by atoms with Crippen molar-refractivity contribution in [1.82, 2.24) is 0 Å². The Bertz CT molecular complexity index is 3180. The number of nitrogens with zero attached hydrogens (tertiary/aromatic N) is 1. The van der Waals surface area contributed by atoms with Crippen LogP contribution in [0.2, 0.25) is 0 Å². The molecule has 0 saturated heterocycles. The minimum absolute atomic E-state index is 0.206. The van der Waals surface area contributed by atoms with Crippen molar-refractivity contribution in [2.24, 2.45) is 0 Å². The molecular weight excluding hydrogens is 699 g/mol. The second kappa shape index (κ2) is 13.5. The molecule has 10 aromatic carbocycles. The van der Waals surface area contributed by atoms with Gasteiger partial charge in [0, 0.05) is 22.4 Å². The van der Waals surface area contributed by atoms with E-state index in [1.165, 1.54) is 88.0 Å². The molecule has 0 N–H and O–H groups in total. The Hall–Kier alpha value is -7.22. The van der Waals surface area contributed by atoms with Gasteiger partial charge in [0.1, 0.15) is 0 Å². The van der Waals surface area contributed by atoms with Gasteiger partial charge >= 0.3 is 0 Å². The summed E-state index contributed by atoms with van der Waals surface area (Å²) < 4.78 is 0. The van der Waals surface area contributed by atoms with Crippen LogP contribution < -0.4 is 4.90 Å². The molecule has 0 unspecified atom stereocenters. The molecule has 58 heavy (non-hydrogen) atoms. The topological polar surface area (TPSA) is 3.24 Å². The molecule has 0 atom stereocenters. The van der Waals surface area contributed by atoms with Gasteiger partial charge in [0.2, 0.25) is 0 Å². The van der Waals surface area contributed by atoms with Crippen LogP contribution in [0.4, 0.5) is 17.1 Å². The van der Waals surface area contributed by atoms with Crippen molar-refractivity contribution in [3.05, 3.63) is 223 Å². The monoisotopic (exact) mass is 739 g/mol. The zero-order valence-electron chi connectivity index (χ0n) is 32.7. The third kappa shape index (κ3) is 5.62. The zero-order valence-corrected chi connectivity index (χ0v) is 32.7. The molecular formula is C57H41N. The molecule has 1 nitrogen and oxygen atoms in total. The van der Waals surface area contributed by atoms with Gasteiger partial charge in [-0.1, -0.05) is 178 Å². The van der Waals surface area contributed by atoms with Crippen LogP contribution in [0.5, 0.6) is 0 Å². The standard InChI is InChI=1S/C57H41N/c1-57(2)54-36-45(50-21-12-18-40-15-8-9-19-49(40)50)28-31-52(54)53-32-30-48(37-55(53)57)58(47-29-27-44-33-42-16-6-7-17-43(42)34-46(44)35-47)56-22-11-10-20-51(56)41-25-23-39(24-26-41)38-13-4-3-5-14-38/h3-37H,1-2H3. The van der Waals surface area contributed by atoms with Crippen molar-refractivity contribution < 1.29 is 0 Å². The maximum absolute atomic E-state index is 2.47. The lowest BCUT2D eigenvalue weighted by Crippen LogP contribution is -2.17. The van der Waals surface area contributed by atoms with Crippen LogP contribution in [0.1, 0.15) is 25.0 Å². The lowest BCUT2D eigenvalue weighted by Gasteiger charge is -2.30. The van der Waals surface area contributed by atoms with Gasteiger partial charge in [0.15, 0.2) is 0 Å². The smallest absolute Gasteiger partial charge is 0.0540 e. The Morgan fingerprint density at radius 1 is 0.310 bits per heavy atom. The third-order valence-electron chi connectivity index (χ3n) is 12.4. The molecule has 0 spiro atoms. The predicted octanol–water partition coefficient (Wildman–Crippen LogP) is 15.9. The van der Waals surface area contributed by atoms with Crippen LogP contribution in [0.25, 0.3) is 76.8 Å². The van der Waals surface area contributed by atoms with E-state index >= 15 is 0 Å². The van der Waals surface area contributed by atoms with Gasteiger partial charge in [-0.25, -0.2) is 0 Å². The van der Waals surface area contributed by atoms with Gasteiger partial charge in [-0.05, 0) is 131 Å².